The molecule has 1 aromatic rings. The minimum atomic E-state index is -0.501. The number of hydrogen-bond donors (Lipinski definition) is 1. The number of carbonyl (C=O) groups excluding carboxylic acids is 1. The lowest BCUT2D eigenvalue weighted by atomic mass is 10.1. The summed E-state index contributed by atoms with van der Waals surface area (Å²) in [5, 5.41) is 11.0. The Kier molecular flexibility index (Phi) is 3.29. The van der Waals surface area contributed by atoms with Crippen molar-refractivity contribution in [2.45, 2.75) is 19.4 Å². The molecular weight excluding hydrogens is 234 g/mol. The van der Waals surface area contributed by atoms with Gasteiger partial charge in [0, 0.05) is 24.7 Å². The van der Waals surface area contributed by atoms with Crippen LogP contribution in [0.2, 0.25) is 0 Å². The molecule has 0 aromatic heterocycles. The fourth-order valence-electron chi connectivity index (χ4n) is 2.22. The van der Waals surface area contributed by atoms with Crippen molar-refractivity contribution >= 4 is 11.6 Å². The topological polar surface area (TPSA) is 89.5 Å². The highest BCUT2D eigenvalue weighted by Gasteiger charge is 2.29. The lowest BCUT2D eigenvalue weighted by molar-refractivity contribution is -0.385. The van der Waals surface area contributed by atoms with Crippen LogP contribution < -0.4 is 5.73 Å². The maximum atomic E-state index is 12.2. The number of rotatable bonds is 2. The van der Waals surface area contributed by atoms with Gasteiger partial charge < -0.3 is 10.6 Å². The number of nitro benzene ring substituents is 1. The second kappa shape index (κ2) is 4.73. The molecule has 0 saturated carbocycles. The number of para-hydroxylation sites is 1. The Labute approximate surface area is 105 Å². The number of nitro groups is 1. The quantitative estimate of drug-likeness (QED) is 0.627. The molecule has 1 aliphatic rings. The summed E-state index contributed by atoms with van der Waals surface area (Å²) in [7, 11) is 0. The Bertz CT molecular complexity index is 501. The zero-order valence-corrected chi connectivity index (χ0v) is 10.1. The maximum absolute atomic E-state index is 12.2. The third-order valence-electron chi connectivity index (χ3n) is 3.16. The highest BCUT2D eigenvalue weighted by molar-refractivity contribution is 5.98. The molecule has 6 nitrogen and oxygen atoms in total. The molecule has 0 spiro atoms. The first kappa shape index (κ1) is 12.5. The third kappa shape index (κ3) is 2.19. The molecule has 6 heteroatoms. The summed E-state index contributed by atoms with van der Waals surface area (Å²) in [4.78, 5) is 24.3. The van der Waals surface area contributed by atoms with Gasteiger partial charge in [-0.15, -0.1) is 0 Å². The number of amides is 1. The third-order valence-corrected chi connectivity index (χ3v) is 3.16. The predicted octanol–water partition coefficient (Wildman–Crippen LogP) is 1.08. The fraction of sp³-hybridized carbons (Fsp3) is 0.417. The summed E-state index contributed by atoms with van der Waals surface area (Å²) < 4.78 is 0. The predicted molar refractivity (Wildman–Crippen MR) is 66.3 cm³/mol. The van der Waals surface area contributed by atoms with Crippen molar-refractivity contribution in [1.82, 2.24) is 4.90 Å². The van der Waals surface area contributed by atoms with Gasteiger partial charge in [0.1, 0.15) is 5.56 Å². The van der Waals surface area contributed by atoms with Crippen LogP contribution in [0.5, 0.6) is 0 Å². The summed E-state index contributed by atoms with van der Waals surface area (Å²) in [6.07, 6.45) is 0.741. The first-order chi connectivity index (χ1) is 8.50. The molecule has 1 saturated heterocycles. The minimum Gasteiger partial charge on any atom is -0.337 e. The zero-order chi connectivity index (χ0) is 13.3. The number of benzene rings is 1. The van der Waals surface area contributed by atoms with Crippen molar-refractivity contribution in [3.05, 3.63) is 39.4 Å². The number of likely N-dealkylation sites (tertiary alicyclic amines) is 1. The minimum absolute atomic E-state index is 0.0298. The van der Waals surface area contributed by atoms with E-state index in [1.807, 2.05) is 0 Å². The van der Waals surface area contributed by atoms with Crippen molar-refractivity contribution < 1.29 is 9.72 Å². The normalized spacial score (nSPS) is 19.0. The SMILES string of the molecule is Cc1cccc(C(=O)N2CCC(N)C2)c1[N+](=O)[O-]. The van der Waals surface area contributed by atoms with E-state index in [1.165, 1.54) is 6.07 Å². The number of nitrogens with zero attached hydrogens (tertiary/aromatic N) is 2. The van der Waals surface area contributed by atoms with Crippen LogP contribution in [0.1, 0.15) is 22.3 Å². The van der Waals surface area contributed by atoms with Crippen molar-refractivity contribution in [2.24, 2.45) is 5.73 Å². The van der Waals surface area contributed by atoms with E-state index in [1.54, 1.807) is 24.0 Å². The van der Waals surface area contributed by atoms with Crippen LogP contribution in [-0.2, 0) is 0 Å². The standard InChI is InChI=1S/C12H15N3O3/c1-8-3-2-4-10(11(8)15(17)18)12(16)14-6-5-9(13)7-14/h2-4,9H,5-7,13H2,1H3. The molecule has 1 amide bonds. The number of hydrogen-bond acceptors (Lipinski definition) is 4. The van der Waals surface area contributed by atoms with Gasteiger partial charge in [0.05, 0.1) is 4.92 Å². The molecule has 2 N–H and O–H groups in total. The molecule has 0 aliphatic carbocycles. The van der Waals surface area contributed by atoms with Crippen LogP contribution in [0.25, 0.3) is 0 Å². The zero-order valence-electron chi connectivity index (χ0n) is 10.1. The summed E-state index contributed by atoms with van der Waals surface area (Å²) >= 11 is 0. The van der Waals surface area contributed by atoms with Crippen LogP contribution in [0, 0.1) is 17.0 Å². The number of nitrogens with two attached hydrogens (primary N) is 1. The Morgan fingerprint density at radius 3 is 2.83 bits per heavy atom. The summed E-state index contributed by atoms with van der Waals surface area (Å²) in [5.74, 6) is -0.307. The molecule has 0 radical (unpaired) electrons. The van der Waals surface area contributed by atoms with Gasteiger partial charge in [0.15, 0.2) is 0 Å². The summed E-state index contributed by atoms with van der Waals surface area (Å²) in [6, 6.07) is 4.76. The summed E-state index contributed by atoms with van der Waals surface area (Å²) in [6.45, 7) is 2.65. The average molecular weight is 249 g/mol. The van der Waals surface area contributed by atoms with Gasteiger partial charge in [-0.2, -0.15) is 0 Å². The second-order valence-electron chi connectivity index (χ2n) is 4.53. The molecule has 18 heavy (non-hydrogen) atoms. The number of aryl methyl sites for hydroxylation is 1. The Morgan fingerprint density at radius 2 is 2.28 bits per heavy atom. The molecule has 1 aliphatic heterocycles. The first-order valence-corrected chi connectivity index (χ1v) is 5.79. The van der Waals surface area contributed by atoms with Crippen LogP contribution in [0.4, 0.5) is 5.69 Å². The van der Waals surface area contributed by atoms with E-state index in [-0.39, 0.29) is 23.2 Å². The van der Waals surface area contributed by atoms with Crippen molar-refractivity contribution in [2.75, 3.05) is 13.1 Å². The molecular formula is C12H15N3O3. The Morgan fingerprint density at radius 1 is 1.56 bits per heavy atom. The van der Waals surface area contributed by atoms with Gasteiger partial charge in [-0.3, -0.25) is 14.9 Å². The molecule has 1 heterocycles. The lowest BCUT2D eigenvalue weighted by Gasteiger charge is -2.16. The fourth-order valence-corrected chi connectivity index (χ4v) is 2.22. The van der Waals surface area contributed by atoms with Gasteiger partial charge in [-0.1, -0.05) is 12.1 Å². The lowest BCUT2D eigenvalue weighted by Crippen LogP contribution is -2.32. The highest BCUT2D eigenvalue weighted by Crippen LogP contribution is 2.25. The molecule has 1 atom stereocenters. The van der Waals surface area contributed by atoms with Gasteiger partial charge >= 0.3 is 0 Å². The van der Waals surface area contributed by atoms with Crippen LogP contribution in [0.3, 0.4) is 0 Å². The van der Waals surface area contributed by atoms with Gasteiger partial charge in [0.2, 0.25) is 0 Å². The van der Waals surface area contributed by atoms with Crippen molar-refractivity contribution in [3.8, 4) is 0 Å². The monoisotopic (exact) mass is 249 g/mol. The van der Waals surface area contributed by atoms with Crippen LogP contribution in [0.15, 0.2) is 18.2 Å². The summed E-state index contributed by atoms with van der Waals surface area (Å²) in [5.41, 5.74) is 6.27. The number of carbonyl (C=O) groups is 1. The average Bonchev–Trinajstić information content (AvgIpc) is 2.74. The highest BCUT2D eigenvalue weighted by atomic mass is 16.6. The molecule has 1 aromatic carbocycles. The van der Waals surface area contributed by atoms with Crippen LogP contribution >= 0.6 is 0 Å². The Balaban J connectivity index is 2.36. The first-order valence-electron chi connectivity index (χ1n) is 5.79. The van der Waals surface area contributed by atoms with Crippen molar-refractivity contribution in [3.63, 3.8) is 0 Å². The molecule has 1 fully saturated rings. The van der Waals surface area contributed by atoms with Gasteiger partial charge in [-0.25, -0.2) is 0 Å². The Hall–Kier alpha value is -1.95. The van der Waals surface area contributed by atoms with Gasteiger partial charge in [-0.05, 0) is 19.4 Å². The van der Waals surface area contributed by atoms with E-state index in [2.05, 4.69) is 0 Å². The van der Waals surface area contributed by atoms with E-state index in [0.717, 1.165) is 6.42 Å². The maximum Gasteiger partial charge on any atom is 0.285 e. The van der Waals surface area contributed by atoms with E-state index in [0.29, 0.717) is 18.7 Å². The molecule has 1 unspecified atom stereocenters. The van der Waals surface area contributed by atoms with Crippen LogP contribution in [-0.4, -0.2) is 34.9 Å². The van der Waals surface area contributed by atoms with E-state index < -0.39 is 4.92 Å². The van der Waals surface area contributed by atoms with Gasteiger partial charge in [0.25, 0.3) is 11.6 Å². The van der Waals surface area contributed by atoms with E-state index in [9.17, 15) is 14.9 Å². The smallest absolute Gasteiger partial charge is 0.285 e. The largest absolute Gasteiger partial charge is 0.337 e. The molecule has 2 rings (SSSR count). The molecule has 96 valence electrons. The second-order valence-corrected chi connectivity index (χ2v) is 4.53. The van der Waals surface area contributed by atoms with E-state index in [4.69, 9.17) is 5.73 Å². The molecule has 0 bridgehead atoms. The van der Waals surface area contributed by atoms with E-state index >= 15 is 0 Å². The van der Waals surface area contributed by atoms with Crippen molar-refractivity contribution in [1.29, 1.82) is 0 Å².